The Bertz CT molecular complexity index is 389. The molecular weight excluding hydrogens is 469 g/mol. The van der Waals surface area contributed by atoms with E-state index in [1.165, 1.54) is 134 Å². The zero-order chi connectivity index (χ0) is 26.1. The first-order valence-electron chi connectivity index (χ1n) is 15.3. The van der Waals surface area contributed by atoms with Crippen molar-refractivity contribution in [2.24, 2.45) is 0 Å². The van der Waals surface area contributed by atoms with Gasteiger partial charge in [-0.25, -0.2) is 0 Å². The molecule has 0 bridgehead atoms. The van der Waals surface area contributed by atoms with Crippen LogP contribution in [0.1, 0.15) is 136 Å². The van der Waals surface area contributed by atoms with Gasteiger partial charge >= 0.3 is 8.80 Å². The first-order chi connectivity index (χ1) is 17.1. The van der Waals surface area contributed by atoms with Gasteiger partial charge in [0.25, 0.3) is 0 Å². The van der Waals surface area contributed by atoms with Gasteiger partial charge in [0, 0.05) is 33.9 Å². The van der Waals surface area contributed by atoms with Gasteiger partial charge in [-0.3, -0.25) is 5.09 Å². The summed E-state index contributed by atoms with van der Waals surface area (Å²) in [5, 5.41) is 4.20. The van der Waals surface area contributed by atoms with Crippen molar-refractivity contribution in [1.82, 2.24) is 5.09 Å². The van der Waals surface area contributed by atoms with Crippen LogP contribution in [0.5, 0.6) is 0 Å². The third-order valence-corrected chi connectivity index (χ3v) is 14.8. The van der Waals surface area contributed by atoms with Crippen LogP contribution < -0.4 is 5.09 Å². The minimum Gasteiger partial charge on any atom is -0.377 e. The molecule has 0 fully saturated rings. The lowest BCUT2D eigenvalue weighted by Crippen LogP contribution is -2.45. The van der Waals surface area contributed by atoms with E-state index in [1.807, 2.05) is 0 Å². The first-order valence-corrected chi connectivity index (χ1v) is 19.6. The molecule has 1 N–H and O–H groups in total. The minimum absolute atomic E-state index is 0.863. The van der Waals surface area contributed by atoms with Crippen LogP contribution in [-0.4, -0.2) is 55.2 Å². The van der Waals surface area contributed by atoms with Gasteiger partial charge in [0.1, 0.15) is 0 Å². The summed E-state index contributed by atoms with van der Waals surface area (Å²) in [7, 11) is 1.53. The van der Waals surface area contributed by atoms with E-state index in [4.69, 9.17) is 13.3 Å². The average Bonchev–Trinajstić information content (AvgIpc) is 2.88. The minimum atomic E-state index is -2.52. The summed E-state index contributed by atoms with van der Waals surface area (Å²) >= 11 is 0. The van der Waals surface area contributed by atoms with E-state index in [-0.39, 0.29) is 0 Å². The van der Waals surface area contributed by atoms with Crippen molar-refractivity contribution in [3.8, 4) is 0 Å². The van der Waals surface area contributed by atoms with E-state index < -0.39 is 16.2 Å². The zero-order valence-electron chi connectivity index (χ0n) is 24.9. The van der Waals surface area contributed by atoms with E-state index in [0.29, 0.717) is 0 Å². The van der Waals surface area contributed by atoms with E-state index in [9.17, 15) is 0 Å². The summed E-state index contributed by atoms with van der Waals surface area (Å²) in [6.07, 6.45) is 29.3. The molecule has 0 aliphatic rings. The number of hydrogen-bond donors (Lipinski definition) is 1. The van der Waals surface area contributed by atoms with Crippen molar-refractivity contribution in [3.05, 3.63) is 0 Å². The van der Waals surface area contributed by atoms with Crippen molar-refractivity contribution in [2.45, 2.75) is 142 Å². The fourth-order valence-corrected chi connectivity index (χ4v) is 11.1. The highest BCUT2D eigenvalue weighted by atomic mass is 31.2. The molecule has 213 valence electrons. The Morgan fingerprint density at radius 2 is 0.800 bits per heavy atom. The molecule has 0 spiro atoms. The summed E-state index contributed by atoms with van der Waals surface area (Å²) in [6, 6.07) is 0.863. The second-order valence-corrected chi connectivity index (χ2v) is 17.6. The Balaban J connectivity index is 5.11. The molecular formula is C29H65NO3PSi. The van der Waals surface area contributed by atoms with Crippen LogP contribution in [-0.2, 0) is 13.3 Å². The van der Waals surface area contributed by atoms with Crippen LogP contribution in [0.4, 0.5) is 0 Å². The van der Waals surface area contributed by atoms with Gasteiger partial charge in [-0.2, -0.15) is 0 Å². The molecule has 0 aliphatic heterocycles. The van der Waals surface area contributed by atoms with Gasteiger partial charge in [-0.15, -0.1) is 0 Å². The van der Waals surface area contributed by atoms with Crippen LogP contribution in [0, 0.1) is 0 Å². The Kier molecular flexibility index (Phi) is 25.1. The molecule has 0 aliphatic carbocycles. The van der Waals surface area contributed by atoms with Crippen molar-refractivity contribution >= 4 is 16.2 Å². The lowest BCUT2D eigenvalue weighted by atomic mass is 10.1. The normalized spacial score (nSPS) is 12.5. The Morgan fingerprint density at radius 1 is 0.486 bits per heavy atom. The quantitative estimate of drug-likeness (QED) is 0.0616. The average molecular weight is 535 g/mol. The highest BCUT2D eigenvalue weighted by Gasteiger charge is 2.38. The van der Waals surface area contributed by atoms with Crippen LogP contribution in [0.3, 0.4) is 0 Å². The molecule has 0 heterocycles. The van der Waals surface area contributed by atoms with Crippen molar-refractivity contribution in [1.29, 1.82) is 0 Å². The number of nitrogens with one attached hydrogen (secondary N) is 1. The maximum atomic E-state index is 5.73. The van der Waals surface area contributed by atoms with Crippen LogP contribution in [0.15, 0.2) is 0 Å². The first kappa shape index (κ1) is 35.5. The third kappa shape index (κ3) is 18.4. The summed E-state index contributed by atoms with van der Waals surface area (Å²) in [4.78, 5) is 0. The summed E-state index contributed by atoms with van der Waals surface area (Å²) in [6.45, 7) is 7.90. The molecule has 0 aromatic heterocycles. The van der Waals surface area contributed by atoms with Gasteiger partial charge in [0.15, 0.2) is 0 Å². The maximum absolute atomic E-state index is 5.73. The van der Waals surface area contributed by atoms with Crippen molar-refractivity contribution in [3.63, 3.8) is 0 Å². The highest BCUT2D eigenvalue weighted by Crippen LogP contribution is 2.57. The monoisotopic (exact) mass is 534 g/mol. The van der Waals surface area contributed by atoms with Gasteiger partial charge in [0.2, 0.25) is 0 Å². The highest BCUT2D eigenvalue weighted by molar-refractivity contribution is 7.74. The van der Waals surface area contributed by atoms with E-state index >= 15 is 0 Å². The Morgan fingerprint density at radius 3 is 1.11 bits per heavy atom. The van der Waals surface area contributed by atoms with Crippen LogP contribution in [0.2, 0.25) is 6.04 Å². The SMILES string of the molecule is CCCCCCCC[P](CCCCCCCC)(CCCCCCCC)NCC[Si](OC)(OC)OC. The zero-order valence-corrected chi connectivity index (χ0v) is 26.8. The molecule has 1 radical (unpaired) electrons. The molecule has 35 heavy (non-hydrogen) atoms. The number of rotatable bonds is 28. The van der Waals surface area contributed by atoms with Crippen LogP contribution >= 0.6 is 7.41 Å². The van der Waals surface area contributed by atoms with Gasteiger partial charge in [-0.1, -0.05) is 124 Å². The van der Waals surface area contributed by atoms with E-state index in [2.05, 4.69) is 25.9 Å². The largest absolute Gasteiger partial charge is 0.501 e. The summed E-state index contributed by atoms with van der Waals surface area (Å²) in [5.74, 6) is 0. The standard InChI is InChI=1S/C29H65NO3PSi/c1-7-10-13-16-19-22-26-34(27-23-20-17-14-11-8-2,28-24-21-18-15-12-9-3)30-25-29-35(31-4,32-5)33-6/h30H,7-29H2,1-6H3. The van der Waals surface area contributed by atoms with Crippen LogP contribution in [0.25, 0.3) is 0 Å². The fourth-order valence-electron chi connectivity index (χ4n) is 5.16. The predicted octanol–water partition coefficient (Wildman–Crippen LogP) is 9.47. The Hall–Kier alpha value is 0.487. The van der Waals surface area contributed by atoms with Gasteiger partial charge in [0.05, 0.1) is 0 Å². The molecule has 4 nitrogen and oxygen atoms in total. The number of hydrogen-bond acceptors (Lipinski definition) is 4. The second-order valence-electron chi connectivity index (χ2n) is 10.6. The van der Waals surface area contributed by atoms with E-state index in [0.717, 1.165) is 12.6 Å². The molecule has 0 aromatic rings. The summed E-state index contributed by atoms with van der Waals surface area (Å²) < 4.78 is 17.2. The van der Waals surface area contributed by atoms with Gasteiger partial charge < -0.3 is 13.3 Å². The molecule has 0 aromatic carbocycles. The summed E-state index contributed by atoms with van der Waals surface area (Å²) in [5.41, 5.74) is 0. The van der Waals surface area contributed by atoms with Crippen molar-refractivity contribution in [2.75, 3.05) is 46.4 Å². The second kappa shape index (κ2) is 24.8. The molecule has 0 amide bonds. The molecule has 0 atom stereocenters. The Labute approximate surface area is 223 Å². The maximum Gasteiger partial charge on any atom is 0.501 e. The fraction of sp³-hybridized carbons (Fsp3) is 1.00. The topological polar surface area (TPSA) is 39.7 Å². The third-order valence-electron chi connectivity index (χ3n) is 7.63. The molecule has 6 heteroatoms. The number of unbranched alkanes of at least 4 members (excludes halogenated alkanes) is 15. The lowest BCUT2D eigenvalue weighted by Gasteiger charge is -2.39. The molecule has 0 saturated heterocycles. The smallest absolute Gasteiger partial charge is 0.377 e. The molecule has 0 unspecified atom stereocenters. The van der Waals surface area contributed by atoms with Gasteiger partial charge in [-0.05, 0) is 37.7 Å². The molecule has 0 saturated carbocycles. The lowest BCUT2D eigenvalue weighted by molar-refractivity contribution is 0.124. The van der Waals surface area contributed by atoms with E-state index in [1.54, 1.807) is 21.3 Å². The molecule has 0 rings (SSSR count). The predicted molar refractivity (Wildman–Crippen MR) is 161 cm³/mol. The van der Waals surface area contributed by atoms with Crippen molar-refractivity contribution < 1.29 is 13.3 Å².